The van der Waals surface area contributed by atoms with Gasteiger partial charge in [-0.05, 0) is 82.7 Å². The van der Waals surface area contributed by atoms with Crippen LogP contribution in [0.1, 0.15) is 18.4 Å². The molecule has 7 nitrogen and oxygen atoms in total. The first-order valence-corrected chi connectivity index (χ1v) is 14.5. The van der Waals surface area contributed by atoms with Crippen molar-refractivity contribution >= 4 is 60.9 Å². The van der Waals surface area contributed by atoms with Gasteiger partial charge in [-0.1, -0.05) is 27.6 Å². The molecule has 4 unspecified atom stereocenters. The number of anilines is 1. The van der Waals surface area contributed by atoms with Crippen molar-refractivity contribution in [1.82, 2.24) is 0 Å². The highest BCUT2D eigenvalue weighted by molar-refractivity contribution is 9.12. The zero-order valence-electron chi connectivity index (χ0n) is 20.9. The van der Waals surface area contributed by atoms with E-state index in [9.17, 15) is 24.3 Å². The van der Waals surface area contributed by atoms with E-state index in [1.165, 1.54) is 11.0 Å². The Morgan fingerprint density at radius 2 is 1.73 bits per heavy atom. The summed E-state index contributed by atoms with van der Waals surface area (Å²) in [6.45, 7) is 0. The molecule has 2 aromatic carbocycles. The van der Waals surface area contributed by atoms with Crippen molar-refractivity contribution in [2.24, 2.45) is 23.7 Å². The molecule has 2 amide bonds. The molecule has 7 rings (SSSR count). The van der Waals surface area contributed by atoms with Crippen LogP contribution in [-0.2, 0) is 25.6 Å². The minimum atomic E-state index is -0.651. The fraction of sp³-hybridized carbons (Fsp3) is 0.226. The van der Waals surface area contributed by atoms with Gasteiger partial charge < -0.3 is 9.84 Å². The second-order valence-electron chi connectivity index (χ2n) is 10.7. The fourth-order valence-corrected chi connectivity index (χ4v) is 7.57. The summed E-state index contributed by atoms with van der Waals surface area (Å²) in [5, 5.41) is 10.1. The van der Waals surface area contributed by atoms with E-state index in [0.717, 1.165) is 21.2 Å². The molecule has 2 heterocycles. The number of hydrogen-bond donors (Lipinski definition) is 1. The monoisotopic (exact) mass is 661 g/mol. The van der Waals surface area contributed by atoms with Crippen molar-refractivity contribution < 1.29 is 29.0 Å². The molecule has 1 N–H and O–H groups in total. The molecule has 5 aliphatic rings. The summed E-state index contributed by atoms with van der Waals surface area (Å²) in [6.07, 6.45) is 5.87. The zero-order chi connectivity index (χ0) is 27.9. The highest BCUT2D eigenvalue weighted by Crippen LogP contribution is 2.55. The number of allylic oxidation sites excluding steroid dienone is 7. The highest BCUT2D eigenvalue weighted by atomic mass is 79.9. The summed E-state index contributed by atoms with van der Waals surface area (Å²) >= 11 is 6.65. The maximum atomic E-state index is 14.0. The number of phenolic OH excluding ortho intramolecular Hbond substituents is 1. The molecule has 40 heavy (non-hydrogen) atoms. The van der Waals surface area contributed by atoms with Crippen molar-refractivity contribution in [1.29, 1.82) is 0 Å². The molecule has 0 spiro atoms. The number of hydrogen-bond acceptors (Lipinski definition) is 6. The Kier molecular flexibility index (Phi) is 5.87. The van der Waals surface area contributed by atoms with Gasteiger partial charge in [0.25, 0.3) is 0 Å². The number of carbonyl (C=O) groups excluding carboxylic acids is 4. The van der Waals surface area contributed by atoms with E-state index < -0.39 is 23.7 Å². The number of phenols is 1. The van der Waals surface area contributed by atoms with Gasteiger partial charge in [0, 0.05) is 39.6 Å². The Bertz CT molecular complexity index is 1680. The average Bonchev–Trinajstić information content (AvgIpc) is 3.20. The molecule has 0 aromatic heterocycles. The van der Waals surface area contributed by atoms with Crippen molar-refractivity contribution in [3.05, 3.63) is 97.7 Å². The van der Waals surface area contributed by atoms with Crippen LogP contribution in [0.3, 0.4) is 0 Å². The van der Waals surface area contributed by atoms with E-state index in [-0.39, 0.29) is 40.0 Å². The van der Waals surface area contributed by atoms with Gasteiger partial charge in [-0.25, -0.2) is 0 Å². The van der Waals surface area contributed by atoms with E-state index in [4.69, 9.17) is 4.74 Å². The third-order valence-electron chi connectivity index (χ3n) is 8.56. The van der Waals surface area contributed by atoms with E-state index in [0.29, 0.717) is 35.4 Å². The van der Waals surface area contributed by atoms with Crippen LogP contribution >= 0.6 is 31.9 Å². The molecule has 9 heteroatoms. The number of aromatic hydroxyl groups is 1. The van der Waals surface area contributed by atoms with Gasteiger partial charge in [0.2, 0.25) is 11.8 Å². The van der Waals surface area contributed by atoms with Crippen LogP contribution in [0.4, 0.5) is 5.69 Å². The number of benzene rings is 2. The van der Waals surface area contributed by atoms with E-state index in [2.05, 4.69) is 31.9 Å². The lowest BCUT2D eigenvalue weighted by atomic mass is 9.59. The second-order valence-corrected chi connectivity index (χ2v) is 12.4. The van der Waals surface area contributed by atoms with E-state index in [1.807, 2.05) is 6.08 Å². The zero-order valence-corrected chi connectivity index (χ0v) is 24.1. The number of ketones is 2. The summed E-state index contributed by atoms with van der Waals surface area (Å²) in [6, 6.07) is 11.9. The summed E-state index contributed by atoms with van der Waals surface area (Å²) in [5.74, 6) is -2.58. The van der Waals surface area contributed by atoms with Gasteiger partial charge in [-0.15, -0.1) is 0 Å². The van der Waals surface area contributed by atoms with Crippen molar-refractivity contribution in [2.45, 2.75) is 19.3 Å². The van der Waals surface area contributed by atoms with Crippen LogP contribution in [0, 0.1) is 23.7 Å². The average molecular weight is 663 g/mol. The minimum Gasteiger partial charge on any atom is -0.508 e. The molecule has 1 fully saturated rings. The lowest BCUT2D eigenvalue weighted by Crippen LogP contribution is -2.41. The SMILES string of the molecule is O=C1C=C(Br)C(=O)C2=C1C(C1=COc3ccc(O)cc3C1)C1=CCC3C(=O)N(c4ccc(Br)cc4)C(=O)C3C1C2. The first-order chi connectivity index (χ1) is 19.2. The maximum absolute atomic E-state index is 14.0. The van der Waals surface area contributed by atoms with Crippen LogP contribution < -0.4 is 9.64 Å². The summed E-state index contributed by atoms with van der Waals surface area (Å²) in [5.41, 5.74) is 3.66. The predicted molar refractivity (Wildman–Crippen MR) is 152 cm³/mol. The number of halogens is 2. The molecule has 1 saturated heterocycles. The van der Waals surface area contributed by atoms with Gasteiger partial charge >= 0.3 is 0 Å². The van der Waals surface area contributed by atoms with E-state index in [1.54, 1.807) is 48.7 Å². The summed E-state index contributed by atoms with van der Waals surface area (Å²) in [4.78, 5) is 55.6. The predicted octanol–water partition coefficient (Wildman–Crippen LogP) is 5.47. The molecule has 0 radical (unpaired) electrons. The lowest BCUT2D eigenvalue weighted by molar-refractivity contribution is -0.123. The smallest absolute Gasteiger partial charge is 0.238 e. The van der Waals surface area contributed by atoms with Gasteiger partial charge in [0.15, 0.2) is 11.6 Å². The topological polar surface area (TPSA) is 101 Å². The largest absolute Gasteiger partial charge is 0.508 e. The Labute approximate surface area is 246 Å². The molecule has 2 aliphatic heterocycles. The molecule has 200 valence electrons. The van der Waals surface area contributed by atoms with Gasteiger partial charge in [-0.3, -0.25) is 24.1 Å². The standard InChI is InChI=1S/C31H21Br2NO6/c32-16-1-3-17(4-2-16)34-30(38)20-7-6-19-21(27(20)31(34)39)11-22-28(24(36)12-23(33)29(22)37)26(19)15-9-14-10-18(35)5-8-25(14)40-13-15/h1-6,8,10,12-13,20-21,26-27,35H,7,9,11H2. The van der Waals surface area contributed by atoms with Gasteiger partial charge in [0.05, 0.1) is 28.3 Å². The van der Waals surface area contributed by atoms with Crippen LogP contribution in [0.5, 0.6) is 11.5 Å². The fourth-order valence-electron chi connectivity index (χ4n) is 6.86. The van der Waals surface area contributed by atoms with Crippen molar-refractivity contribution in [3.63, 3.8) is 0 Å². The number of carbonyl (C=O) groups is 4. The molecule has 0 saturated carbocycles. The molecular formula is C31H21Br2NO6. The Morgan fingerprint density at radius 3 is 2.50 bits per heavy atom. The van der Waals surface area contributed by atoms with Gasteiger partial charge in [0.1, 0.15) is 11.5 Å². The molecule has 0 bridgehead atoms. The lowest BCUT2D eigenvalue weighted by Gasteiger charge is -2.43. The second kappa shape index (κ2) is 9.24. The summed E-state index contributed by atoms with van der Waals surface area (Å²) < 4.78 is 6.94. The number of Topliss-reactive ketones (excluding diaryl/α,β-unsaturated/α-hetero) is 1. The minimum absolute atomic E-state index is 0.101. The number of imide groups is 1. The van der Waals surface area contributed by atoms with E-state index >= 15 is 0 Å². The Hall–Kier alpha value is -3.56. The van der Waals surface area contributed by atoms with Crippen LogP contribution in [0.2, 0.25) is 0 Å². The number of ether oxygens (including phenoxy) is 1. The number of amides is 2. The van der Waals surface area contributed by atoms with Crippen molar-refractivity contribution in [3.8, 4) is 11.5 Å². The number of rotatable bonds is 2. The maximum Gasteiger partial charge on any atom is 0.238 e. The molecule has 3 aliphatic carbocycles. The third kappa shape index (κ3) is 3.74. The van der Waals surface area contributed by atoms with Crippen LogP contribution in [0.15, 0.2) is 92.1 Å². The first kappa shape index (κ1) is 25.4. The normalized spacial score (nSPS) is 27.2. The van der Waals surface area contributed by atoms with Crippen molar-refractivity contribution in [2.75, 3.05) is 4.90 Å². The Morgan fingerprint density at radius 1 is 0.950 bits per heavy atom. The Balaban J connectivity index is 1.33. The highest BCUT2D eigenvalue weighted by Gasteiger charge is 2.57. The quantitative estimate of drug-likeness (QED) is 0.260. The van der Waals surface area contributed by atoms with Crippen LogP contribution in [0.25, 0.3) is 0 Å². The molecule has 2 aromatic rings. The first-order valence-electron chi connectivity index (χ1n) is 12.9. The van der Waals surface area contributed by atoms with Crippen LogP contribution in [-0.4, -0.2) is 28.5 Å². The van der Waals surface area contributed by atoms with Gasteiger partial charge in [-0.2, -0.15) is 0 Å². The third-order valence-corrected chi connectivity index (χ3v) is 9.68. The molecule has 4 atom stereocenters. The number of fused-ring (bicyclic) bond motifs is 4. The molecular weight excluding hydrogens is 642 g/mol. The number of nitrogens with zero attached hydrogens (tertiary/aromatic N) is 1. The summed E-state index contributed by atoms with van der Waals surface area (Å²) in [7, 11) is 0.